The molecule has 2 rings (SSSR count). The second kappa shape index (κ2) is 5.65. The third-order valence-corrected chi connectivity index (χ3v) is 3.07. The quantitative estimate of drug-likeness (QED) is 0.914. The number of hydrogen-bond acceptors (Lipinski definition) is 3. The fraction of sp³-hybridized carbons (Fsp3) is 0.250. The first kappa shape index (κ1) is 13.3. The van der Waals surface area contributed by atoms with Crippen molar-refractivity contribution in [2.75, 3.05) is 14.2 Å². The highest BCUT2D eigenvalue weighted by Gasteiger charge is 2.11. The van der Waals surface area contributed by atoms with Gasteiger partial charge < -0.3 is 14.6 Å². The van der Waals surface area contributed by atoms with Gasteiger partial charge in [-0.3, -0.25) is 0 Å². The molecule has 3 heteroatoms. The van der Waals surface area contributed by atoms with E-state index in [0.29, 0.717) is 11.5 Å². The van der Waals surface area contributed by atoms with Crippen LogP contribution in [-0.4, -0.2) is 19.3 Å². The minimum atomic E-state index is 0.0395. The van der Waals surface area contributed by atoms with Crippen molar-refractivity contribution in [3.05, 3.63) is 53.1 Å². The molecule has 0 aromatic heterocycles. The molecule has 0 bridgehead atoms. The summed E-state index contributed by atoms with van der Waals surface area (Å²) in [5.74, 6) is 0.903. The van der Waals surface area contributed by atoms with Gasteiger partial charge in [0.05, 0.1) is 14.2 Å². The molecule has 0 atom stereocenters. The van der Waals surface area contributed by atoms with Crippen molar-refractivity contribution in [1.29, 1.82) is 0 Å². The van der Waals surface area contributed by atoms with Gasteiger partial charge in [0.2, 0.25) is 5.75 Å². The number of methoxy groups -OCH3 is 2. The number of hydrogen-bond donors (Lipinski definition) is 1. The van der Waals surface area contributed by atoms with Gasteiger partial charge >= 0.3 is 0 Å². The van der Waals surface area contributed by atoms with E-state index in [1.54, 1.807) is 0 Å². The lowest BCUT2D eigenvalue weighted by molar-refractivity contribution is 0.339. The summed E-state index contributed by atoms with van der Waals surface area (Å²) >= 11 is 0. The summed E-state index contributed by atoms with van der Waals surface area (Å²) in [6, 6.07) is 12.0. The average Bonchev–Trinajstić information content (AvgIpc) is 2.43. The highest BCUT2D eigenvalue weighted by molar-refractivity contribution is 5.53. The number of ether oxygens (including phenoxy) is 2. The lowest BCUT2D eigenvalue weighted by atomic mass is 10.0. The summed E-state index contributed by atoms with van der Waals surface area (Å²) in [4.78, 5) is 0. The van der Waals surface area contributed by atoms with Gasteiger partial charge in [-0.15, -0.1) is 0 Å². The predicted octanol–water partition coefficient (Wildman–Crippen LogP) is 3.31. The Morgan fingerprint density at radius 2 is 1.42 bits per heavy atom. The molecule has 0 spiro atoms. The fourth-order valence-corrected chi connectivity index (χ4v) is 1.99. The van der Waals surface area contributed by atoms with E-state index >= 15 is 0 Å². The third kappa shape index (κ3) is 2.99. The molecular formula is C16H18O3. The Morgan fingerprint density at radius 3 is 1.89 bits per heavy atom. The van der Waals surface area contributed by atoms with Crippen molar-refractivity contribution in [2.24, 2.45) is 0 Å². The van der Waals surface area contributed by atoms with Gasteiger partial charge in [-0.05, 0) is 36.6 Å². The summed E-state index contributed by atoms with van der Waals surface area (Å²) in [5.41, 5.74) is 3.49. The zero-order valence-corrected chi connectivity index (χ0v) is 11.4. The van der Waals surface area contributed by atoms with Gasteiger partial charge in [-0.25, -0.2) is 0 Å². The molecule has 1 N–H and O–H groups in total. The molecule has 0 saturated heterocycles. The molecule has 0 unspecified atom stereocenters. The number of rotatable bonds is 4. The first-order valence-electron chi connectivity index (χ1n) is 6.13. The summed E-state index contributed by atoms with van der Waals surface area (Å²) in [7, 11) is 3.06. The van der Waals surface area contributed by atoms with Crippen LogP contribution < -0.4 is 9.47 Å². The standard InChI is InChI=1S/C16H18O3/c1-11-4-6-12(7-5-11)8-13-9-14(18-2)16(17)15(10-13)19-3/h4-7,9-10,17H,8H2,1-3H3. The maximum absolute atomic E-state index is 9.87. The summed E-state index contributed by atoms with van der Waals surface area (Å²) in [5, 5.41) is 9.87. The first-order chi connectivity index (χ1) is 9.13. The Hall–Kier alpha value is -2.16. The van der Waals surface area contributed by atoms with Crippen molar-refractivity contribution >= 4 is 0 Å². The second-order valence-electron chi connectivity index (χ2n) is 4.51. The average molecular weight is 258 g/mol. The van der Waals surface area contributed by atoms with Crippen molar-refractivity contribution in [3.8, 4) is 17.2 Å². The van der Waals surface area contributed by atoms with Crippen LogP contribution in [0.3, 0.4) is 0 Å². The van der Waals surface area contributed by atoms with E-state index in [0.717, 1.165) is 12.0 Å². The highest BCUT2D eigenvalue weighted by atomic mass is 16.5. The fourth-order valence-electron chi connectivity index (χ4n) is 1.99. The Kier molecular flexibility index (Phi) is 3.95. The highest BCUT2D eigenvalue weighted by Crippen LogP contribution is 2.37. The number of aromatic hydroxyl groups is 1. The Labute approximate surface area is 113 Å². The Morgan fingerprint density at radius 1 is 0.895 bits per heavy atom. The van der Waals surface area contributed by atoms with Gasteiger partial charge in [-0.2, -0.15) is 0 Å². The minimum absolute atomic E-state index is 0.0395. The third-order valence-electron chi connectivity index (χ3n) is 3.07. The van der Waals surface area contributed by atoms with Gasteiger partial charge in [0.15, 0.2) is 11.5 Å². The molecule has 2 aromatic carbocycles. The van der Waals surface area contributed by atoms with Gasteiger partial charge in [0.1, 0.15) is 0 Å². The van der Waals surface area contributed by atoms with Crippen LogP contribution >= 0.6 is 0 Å². The normalized spacial score (nSPS) is 10.3. The van der Waals surface area contributed by atoms with Crippen molar-refractivity contribution in [1.82, 2.24) is 0 Å². The van der Waals surface area contributed by atoms with E-state index in [1.165, 1.54) is 25.3 Å². The zero-order chi connectivity index (χ0) is 13.8. The molecule has 3 nitrogen and oxygen atoms in total. The van der Waals surface area contributed by atoms with E-state index in [4.69, 9.17) is 9.47 Å². The largest absolute Gasteiger partial charge is 0.502 e. The summed E-state index contributed by atoms with van der Waals surface area (Å²) < 4.78 is 10.3. The van der Waals surface area contributed by atoms with Crippen molar-refractivity contribution in [3.63, 3.8) is 0 Å². The number of phenols is 1. The van der Waals surface area contributed by atoms with Gasteiger partial charge in [-0.1, -0.05) is 29.8 Å². The molecular weight excluding hydrogens is 240 g/mol. The van der Waals surface area contributed by atoms with Gasteiger partial charge in [0.25, 0.3) is 0 Å². The molecule has 0 heterocycles. The SMILES string of the molecule is COc1cc(Cc2ccc(C)cc2)cc(OC)c1O. The Bertz CT molecular complexity index is 534. The molecule has 0 aliphatic heterocycles. The van der Waals surface area contributed by atoms with E-state index in [-0.39, 0.29) is 5.75 Å². The van der Waals surface area contributed by atoms with Crippen LogP contribution in [0.4, 0.5) is 0 Å². The van der Waals surface area contributed by atoms with E-state index in [1.807, 2.05) is 12.1 Å². The van der Waals surface area contributed by atoms with E-state index in [2.05, 4.69) is 31.2 Å². The van der Waals surface area contributed by atoms with E-state index in [9.17, 15) is 5.11 Å². The summed E-state index contributed by atoms with van der Waals surface area (Å²) in [6.07, 6.45) is 0.771. The van der Waals surface area contributed by atoms with E-state index < -0.39 is 0 Å². The van der Waals surface area contributed by atoms with Crippen LogP contribution in [0.25, 0.3) is 0 Å². The van der Waals surface area contributed by atoms with Crippen molar-refractivity contribution < 1.29 is 14.6 Å². The molecule has 0 aliphatic rings. The van der Waals surface area contributed by atoms with Crippen LogP contribution in [0.2, 0.25) is 0 Å². The zero-order valence-electron chi connectivity index (χ0n) is 11.4. The Balaban J connectivity index is 2.32. The molecule has 0 saturated carbocycles. The minimum Gasteiger partial charge on any atom is -0.502 e. The number of benzene rings is 2. The number of phenolic OH excluding ortho intramolecular Hbond substituents is 1. The lowest BCUT2D eigenvalue weighted by Crippen LogP contribution is -1.94. The van der Waals surface area contributed by atoms with Crippen LogP contribution in [-0.2, 0) is 6.42 Å². The molecule has 0 radical (unpaired) electrons. The van der Waals surface area contributed by atoms with Crippen LogP contribution in [0.15, 0.2) is 36.4 Å². The first-order valence-corrected chi connectivity index (χ1v) is 6.13. The van der Waals surface area contributed by atoms with Crippen molar-refractivity contribution in [2.45, 2.75) is 13.3 Å². The van der Waals surface area contributed by atoms with Crippen LogP contribution in [0.5, 0.6) is 17.2 Å². The van der Waals surface area contributed by atoms with Gasteiger partial charge in [0, 0.05) is 0 Å². The monoisotopic (exact) mass is 258 g/mol. The van der Waals surface area contributed by atoms with Crippen LogP contribution in [0, 0.1) is 6.92 Å². The molecule has 19 heavy (non-hydrogen) atoms. The smallest absolute Gasteiger partial charge is 0.200 e. The number of aryl methyl sites for hydroxylation is 1. The molecule has 2 aromatic rings. The summed E-state index contributed by atoms with van der Waals surface area (Å²) in [6.45, 7) is 2.07. The maximum atomic E-state index is 9.87. The molecule has 0 fully saturated rings. The maximum Gasteiger partial charge on any atom is 0.200 e. The topological polar surface area (TPSA) is 38.7 Å². The lowest BCUT2D eigenvalue weighted by Gasteiger charge is -2.11. The second-order valence-corrected chi connectivity index (χ2v) is 4.51. The van der Waals surface area contributed by atoms with Crippen LogP contribution in [0.1, 0.15) is 16.7 Å². The molecule has 0 amide bonds. The molecule has 0 aliphatic carbocycles. The molecule has 100 valence electrons. The predicted molar refractivity (Wildman–Crippen MR) is 75.2 cm³/mol.